The van der Waals surface area contributed by atoms with Gasteiger partial charge in [-0.05, 0) is 101 Å². The van der Waals surface area contributed by atoms with Crippen LogP contribution in [0.1, 0.15) is 16.7 Å². The maximum atomic E-state index is 3.36. The summed E-state index contributed by atoms with van der Waals surface area (Å²) in [5.74, 6) is 0. The normalized spacial score (nSPS) is 11.7. The molecule has 162 valence electrons. The number of benzene rings is 4. The Hall–Kier alpha value is -2.46. The largest absolute Gasteiger partial charge is 0.0595 e. The fraction of sp³-hybridized carbons (Fsp3) is 0. The van der Waals surface area contributed by atoms with Crippen LogP contribution in [0.4, 0.5) is 0 Å². The lowest BCUT2D eigenvalue weighted by Crippen LogP contribution is -1.87. The van der Waals surface area contributed by atoms with E-state index in [1.54, 1.807) is 0 Å². The van der Waals surface area contributed by atoms with E-state index in [2.05, 4.69) is 139 Å². The van der Waals surface area contributed by atoms with E-state index in [4.69, 9.17) is 0 Å². The van der Waals surface area contributed by atoms with Crippen LogP contribution in [0, 0.1) is 0 Å². The van der Waals surface area contributed by atoms with Gasteiger partial charge in [0.25, 0.3) is 0 Å². The highest BCUT2D eigenvalue weighted by Gasteiger charge is 2.08. The van der Waals surface area contributed by atoms with E-state index in [9.17, 15) is 0 Å². The van der Waals surface area contributed by atoms with E-state index < -0.39 is 0 Å². The van der Waals surface area contributed by atoms with Crippen LogP contribution < -0.4 is 0 Å². The Morgan fingerprint density at radius 1 is 0.333 bits per heavy atom. The standard InChI is InChI=1S/C30H21Br3/c31-16-13-22-1-7-25(8-2-22)28-19-29(26-9-3-23(4-10-26)14-17-32)21-30(20-28)27-11-5-24(6-12-27)15-18-33/h1-21H/b16-13-,17-14-,18-15-. The summed E-state index contributed by atoms with van der Waals surface area (Å²) in [4.78, 5) is 5.64. The Bertz CT molecular complexity index is 1120. The monoisotopic (exact) mass is 618 g/mol. The molecule has 0 radical (unpaired) electrons. The molecule has 3 heteroatoms. The zero-order chi connectivity index (χ0) is 23.0. The van der Waals surface area contributed by atoms with Gasteiger partial charge in [-0.1, -0.05) is 121 Å². The van der Waals surface area contributed by atoms with Crippen molar-refractivity contribution in [1.82, 2.24) is 0 Å². The van der Waals surface area contributed by atoms with Crippen molar-refractivity contribution in [2.24, 2.45) is 0 Å². The van der Waals surface area contributed by atoms with Crippen molar-refractivity contribution in [2.75, 3.05) is 0 Å². The van der Waals surface area contributed by atoms with E-state index >= 15 is 0 Å². The lowest BCUT2D eigenvalue weighted by molar-refractivity contribution is 1.55. The molecular weight excluding hydrogens is 600 g/mol. The summed E-state index contributed by atoms with van der Waals surface area (Å²) in [7, 11) is 0. The smallest absolute Gasteiger partial charge is 0.0172 e. The van der Waals surface area contributed by atoms with E-state index in [1.807, 2.05) is 33.2 Å². The third-order valence-corrected chi connectivity index (χ3v) is 6.22. The van der Waals surface area contributed by atoms with Crippen LogP contribution in [0.15, 0.2) is 106 Å². The second-order valence-corrected chi connectivity index (χ2v) is 9.13. The zero-order valence-corrected chi connectivity index (χ0v) is 22.5. The molecule has 0 heterocycles. The molecule has 0 spiro atoms. The van der Waals surface area contributed by atoms with Gasteiger partial charge in [-0.15, -0.1) is 0 Å². The molecule has 0 atom stereocenters. The van der Waals surface area contributed by atoms with Crippen LogP contribution in [0.3, 0.4) is 0 Å². The van der Waals surface area contributed by atoms with Crippen LogP contribution in [-0.4, -0.2) is 0 Å². The molecule has 4 aromatic carbocycles. The maximum Gasteiger partial charge on any atom is -0.0172 e. The fourth-order valence-corrected chi connectivity index (χ4v) is 4.62. The summed E-state index contributed by atoms with van der Waals surface area (Å²) in [6.45, 7) is 0. The second kappa shape index (κ2) is 11.6. The van der Waals surface area contributed by atoms with E-state index in [1.165, 1.54) is 33.4 Å². The first-order valence-electron chi connectivity index (χ1n) is 10.5. The molecule has 0 saturated heterocycles. The number of hydrogen-bond donors (Lipinski definition) is 0. The molecular formula is C30H21Br3. The number of rotatable bonds is 6. The zero-order valence-electron chi connectivity index (χ0n) is 17.8. The summed E-state index contributed by atoms with van der Waals surface area (Å²) < 4.78 is 0. The molecule has 0 saturated carbocycles. The first-order valence-corrected chi connectivity index (χ1v) is 13.2. The average Bonchev–Trinajstić information content (AvgIpc) is 2.86. The number of halogens is 3. The van der Waals surface area contributed by atoms with Crippen LogP contribution >= 0.6 is 47.8 Å². The molecule has 0 unspecified atom stereocenters. The van der Waals surface area contributed by atoms with Crippen molar-refractivity contribution in [1.29, 1.82) is 0 Å². The highest BCUT2D eigenvalue weighted by Crippen LogP contribution is 2.33. The first kappa shape index (κ1) is 23.7. The van der Waals surface area contributed by atoms with E-state index in [0.29, 0.717) is 0 Å². The van der Waals surface area contributed by atoms with Crippen LogP contribution in [0.2, 0.25) is 0 Å². The fourth-order valence-electron chi connectivity index (χ4n) is 3.71. The maximum absolute atomic E-state index is 3.36. The average molecular weight is 621 g/mol. The summed E-state index contributed by atoms with van der Waals surface area (Å²) in [6.07, 6.45) is 6.12. The van der Waals surface area contributed by atoms with Gasteiger partial charge in [-0.2, -0.15) is 0 Å². The third kappa shape index (κ3) is 6.11. The van der Waals surface area contributed by atoms with Gasteiger partial charge in [0, 0.05) is 0 Å². The molecule has 0 bridgehead atoms. The van der Waals surface area contributed by atoms with E-state index in [-0.39, 0.29) is 0 Å². The van der Waals surface area contributed by atoms with Gasteiger partial charge < -0.3 is 0 Å². The predicted molar refractivity (Wildman–Crippen MR) is 157 cm³/mol. The minimum absolute atomic E-state index is 1.16. The quantitative estimate of drug-likeness (QED) is 0.201. The first-order chi connectivity index (χ1) is 16.2. The highest BCUT2D eigenvalue weighted by atomic mass is 79.9. The predicted octanol–water partition coefficient (Wildman–Crippen LogP) is 10.8. The van der Waals surface area contributed by atoms with Crippen molar-refractivity contribution in [2.45, 2.75) is 0 Å². The van der Waals surface area contributed by atoms with Gasteiger partial charge in [0.05, 0.1) is 0 Å². The Labute approximate surface area is 220 Å². The minimum atomic E-state index is 1.16. The summed E-state index contributed by atoms with van der Waals surface area (Å²) in [5.41, 5.74) is 10.7. The minimum Gasteiger partial charge on any atom is -0.0595 e. The van der Waals surface area contributed by atoms with Crippen LogP contribution in [-0.2, 0) is 0 Å². The molecule has 33 heavy (non-hydrogen) atoms. The summed E-state index contributed by atoms with van der Waals surface area (Å²) in [5, 5.41) is 0. The van der Waals surface area contributed by atoms with Gasteiger partial charge in [0.2, 0.25) is 0 Å². The molecule has 0 aromatic heterocycles. The van der Waals surface area contributed by atoms with Crippen LogP contribution in [0.25, 0.3) is 51.6 Å². The molecule has 0 nitrogen and oxygen atoms in total. The Morgan fingerprint density at radius 3 is 0.788 bits per heavy atom. The number of hydrogen-bond acceptors (Lipinski definition) is 0. The van der Waals surface area contributed by atoms with Crippen molar-refractivity contribution in [3.8, 4) is 33.4 Å². The molecule has 0 fully saturated rings. The molecule has 0 N–H and O–H groups in total. The molecule has 0 aliphatic heterocycles. The van der Waals surface area contributed by atoms with Gasteiger partial charge in [-0.25, -0.2) is 0 Å². The molecule has 0 aliphatic rings. The highest BCUT2D eigenvalue weighted by molar-refractivity contribution is 9.11. The van der Waals surface area contributed by atoms with Crippen molar-refractivity contribution >= 4 is 66.0 Å². The summed E-state index contributed by atoms with van der Waals surface area (Å²) >= 11 is 10.1. The lowest BCUT2D eigenvalue weighted by atomic mass is 9.92. The SMILES string of the molecule is Br/C=C\c1ccc(-c2cc(-c3ccc(/C=C\Br)cc3)cc(-c3ccc(/C=C\Br)cc3)c2)cc1. The molecule has 4 rings (SSSR count). The van der Waals surface area contributed by atoms with Crippen molar-refractivity contribution in [3.05, 3.63) is 123 Å². The van der Waals surface area contributed by atoms with E-state index in [0.717, 1.165) is 16.7 Å². The lowest BCUT2D eigenvalue weighted by Gasteiger charge is -2.12. The van der Waals surface area contributed by atoms with Crippen molar-refractivity contribution in [3.63, 3.8) is 0 Å². The van der Waals surface area contributed by atoms with Crippen LogP contribution in [0.5, 0.6) is 0 Å². The molecule has 4 aromatic rings. The van der Waals surface area contributed by atoms with Gasteiger partial charge in [-0.3, -0.25) is 0 Å². The topological polar surface area (TPSA) is 0 Å². The molecule has 0 amide bonds. The Morgan fingerprint density at radius 2 is 0.576 bits per heavy atom. The molecule has 0 aliphatic carbocycles. The van der Waals surface area contributed by atoms with Gasteiger partial charge >= 0.3 is 0 Å². The third-order valence-electron chi connectivity index (χ3n) is 5.43. The Balaban J connectivity index is 1.81. The van der Waals surface area contributed by atoms with Gasteiger partial charge in [0.1, 0.15) is 0 Å². The van der Waals surface area contributed by atoms with Gasteiger partial charge in [0.15, 0.2) is 0 Å². The summed E-state index contributed by atoms with van der Waals surface area (Å²) in [6, 6.07) is 32.7. The van der Waals surface area contributed by atoms with Crippen molar-refractivity contribution < 1.29 is 0 Å². The second-order valence-electron chi connectivity index (χ2n) is 7.54. The Kier molecular flexibility index (Phi) is 8.33.